The number of rotatable bonds is 4. The molecule has 4 heteroatoms. The minimum Gasteiger partial charge on any atom is -0.392 e. The van der Waals surface area contributed by atoms with E-state index in [0.29, 0.717) is 6.61 Å². The van der Waals surface area contributed by atoms with Crippen molar-refractivity contribution < 1.29 is 14.6 Å². The Morgan fingerprint density at radius 3 is 2.93 bits per heavy atom. The maximum Gasteiger partial charge on any atom is 0.106 e. The molecule has 15 heavy (non-hydrogen) atoms. The van der Waals surface area contributed by atoms with Crippen molar-refractivity contribution in [1.82, 2.24) is 5.32 Å². The molecule has 2 rings (SSSR count). The molecule has 0 radical (unpaired) electrons. The Labute approximate surface area is 90.9 Å². The van der Waals surface area contributed by atoms with Crippen molar-refractivity contribution in [2.24, 2.45) is 0 Å². The molecule has 0 spiro atoms. The maximum absolute atomic E-state index is 9.68. The summed E-state index contributed by atoms with van der Waals surface area (Å²) in [5.41, 5.74) is -0.164. The van der Waals surface area contributed by atoms with Gasteiger partial charge in [-0.1, -0.05) is 0 Å². The number of nitrogens with one attached hydrogen (secondary N) is 1. The van der Waals surface area contributed by atoms with Gasteiger partial charge >= 0.3 is 0 Å². The molecule has 1 unspecified atom stereocenters. The SMILES string of the molecule is COC1(CN[C@@H]2CCC[C@H]2O)CCOC1. The molecule has 4 nitrogen and oxygen atoms in total. The Bertz CT molecular complexity index is 204. The van der Waals surface area contributed by atoms with E-state index >= 15 is 0 Å². The van der Waals surface area contributed by atoms with Crippen LogP contribution in [0.2, 0.25) is 0 Å². The zero-order chi connectivity index (χ0) is 10.7. The molecule has 1 saturated heterocycles. The van der Waals surface area contributed by atoms with E-state index in [1.54, 1.807) is 7.11 Å². The first-order valence-electron chi connectivity index (χ1n) is 5.80. The van der Waals surface area contributed by atoms with E-state index in [2.05, 4.69) is 5.32 Å². The second-order valence-corrected chi connectivity index (χ2v) is 4.68. The van der Waals surface area contributed by atoms with Crippen LogP contribution in [0.25, 0.3) is 0 Å². The molecule has 2 aliphatic rings. The smallest absolute Gasteiger partial charge is 0.106 e. The average molecular weight is 215 g/mol. The maximum atomic E-state index is 9.68. The number of hydrogen-bond acceptors (Lipinski definition) is 4. The lowest BCUT2D eigenvalue weighted by atomic mass is 10.0. The van der Waals surface area contributed by atoms with E-state index in [-0.39, 0.29) is 17.7 Å². The van der Waals surface area contributed by atoms with Crippen LogP contribution in [-0.2, 0) is 9.47 Å². The van der Waals surface area contributed by atoms with Gasteiger partial charge in [0.2, 0.25) is 0 Å². The van der Waals surface area contributed by atoms with Gasteiger partial charge < -0.3 is 19.9 Å². The molecule has 1 saturated carbocycles. The van der Waals surface area contributed by atoms with E-state index in [4.69, 9.17) is 9.47 Å². The van der Waals surface area contributed by atoms with Gasteiger partial charge in [0.05, 0.1) is 12.7 Å². The van der Waals surface area contributed by atoms with Crippen molar-refractivity contribution in [2.45, 2.75) is 43.4 Å². The Balaban J connectivity index is 1.80. The van der Waals surface area contributed by atoms with Gasteiger partial charge in [-0.3, -0.25) is 0 Å². The van der Waals surface area contributed by atoms with Crippen molar-refractivity contribution in [2.75, 3.05) is 26.9 Å². The third kappa shape index (κ3) is 2.50. The monoisotopic (exact) mass is 215 g/mol. The fourth-order valence-corrected chi connectivity index (χ4v) is 2.46. The Hall–Kier alpha value is -0.160. The first kappa shape index (κ1) is 11.3. The molecule has 2 fully saturated rings. The van der Waals surface area contributed by atoms with Gasteiger partial charge in [0.25, 0.3) is 0 Å². The first-order valence-corrected chi connectivity index (χ1v) is 5.80. The normalized spacial score (nSPS) is 41.2. The summed E-state index contributed by atoms with van der Waals surface area (Å²) in [6.07, 6.45) is 3.88. The molecule has 0 bridgehead atoms. The third-order valence-corrected chi connectivity index (χ3v) is 3.67. The topological polar surface area (TPSA) is 50.7 Å². The van der Waals surface area contributed by atoms with Gasteiger partial charge in [-0.05, 0) is 19.3 Å². The van der Waals surface area contributed by atoms with Gasteiger partial charge in [0, 0.05) is 32.7 Å². The summed E-state index contributed by atoms with van der Waals surface area (Å²) in [4.78, 5) is 0. The molecular formula is C11H21NO3. The van der Waals surface area contributed by atoms with E-state index < -0.39 is 0 Å². The van der Waals surface area contributed by atoms with Crippen molar-refractivity contribution in [3.05, 3.63) is 0 Å². The van der Waals surface area contributed by atoms with Gasteiger partial charge in [-0.25, -0.2) is 0 Å². The number of hydrogen-bond donors (Lipinski definition) is 2. The van der Waals surface area contributed by atoms with Crippen LogP contribution < -0.4 is 5.32 Å². The Morgan fingerprint density at radius 2 is 2.40 bits per heavy atom. The molecular weight excluding hydrogens is 194 g/mol. The highest BCUT2D eigenvalue weighted by Crippen LogP contribution is 2.24. The van der Waals surface area contributed by atoms with Crippen LogP contribution in [0.5, 0.6) is 0 Å². The van der Waals surface area contributed by atoms with Crippen LogP contribution in [0.4, 0.5) is 0 Å². The lowest BCUT2D eigenvalue weighted by Crippen LogP contribution is -2.48. The summed E-state index contributed by atoms with van der Waals surface area (Å²) in [5, 5.41) is 13.1. The number of methoxy groups -OCH3 is 1. The summed E-state index contributed by atoms with van der Waals surface area (Å²) in [6.45, 7) is 2.23. The Morgan fingerprint density at radius 1 is 1.53 bits per heavy atom. The highest BCUT2D eigenvalue weighted by molar-refractivity contribution is 4.91. The van der Waals surface area contributed by atoms with E-state index in [9.17, 15) is 5.11 Å². The molecule has 1 heterocycles. The summed E-state index contributed by atoms with van der Waals surface area (Å²) in [7, 11) is 1.74. The molecule has 0 aromatic carbocycles. The highest BCUT2D eigenvalue weighted by atomic mass is 16.5. The van der Waals surface area contributed by atoms with Gasteiger partial charge in [-0.15, -0.1) is 0 Å². The fraction of sp³-hybridized carbons (Fsp3) is 1.00. The van der Waals surface area contributed by atoms with Crippen LogP contribution >= 0.6 is 0 Å². The second-order valence-electron chi connectivity index (χ2n) is 4.68. The minimum absolute atomic E-state index is 0.164. The quantitative estimate of drug-likeness (QED) is 0.708. The number of aliphatic hydroxyl groups is 1. The first-order chi connectivity index (χ1) is 7.26. The molecule has 3 atom stereocenters. The average Bonchev–Trinajstić information content (AvgIpc) is 2.85. The molecule has 2 N–H and O–H groups in total. The highest BCUT2D eigenvalue weighted by Gasteiger charge is 2.36. The summed E-state index contributed by atoms with van der Waals surface area (Å²) in [5.74, 6) is 0. The third-order valence-electron chi connectivity index (χ3n) is 3.67. The second kappa shape index (κ2) is 4.78. The fourth-order valence-electron chi connectivity index (χ4n) is 2.46. The van der Waals surface area contributed by atoms with Crippen molar-refractivity contribution in [1.29, 1.82) is 0 Å². The molecule has 0 amide bonds. The van der Waals surface area contributed by atoms with Gasteiger partial charge in [0.15, 0.2) is 0 Å². The number of ether oxygens (including phenoxy) is 2. The predicted octanol–water partition coefficient (Wildman–Crippen LogP) is 0.295. The molecule has 0 aromatic heterocycles. The van der Waals surface area contributed by atoms with Crippen LogP contribution in [0.3, 0.4) is 0 Å². The molecule has 88 valence electrons. The zero-order valence-electron chi connectivity index (χ0n) is 9.37. The lowest BCUT2D eigenvalue weighted by Gasteiger charge is -2.28. The van der Waals surface area contributed by atoms with Gasteiger partial charge in [0.1, 0.15) is 5.60 Å². The van der Waals surface area contributed by atoms with Crippen molar-refractivity contribution in [3.8, 4) is 0 Å². The molecule has 1 aliphatic heterocycles. The van der Waals surface area contributed by atoms with Crippen LogP contribution in [0, 0.1) is 0 Å². The standard InChI is InChI=1S/C11H21NO3/c1-14-11(5-6-15-8-11)7-12-9-3-2-4-10(9)13/h9-10,12-13H,2-8H2,1H3/t9-,10-,11?/m1/s1. The summed E-state index contributed by atoms with van der Waals surface area (Å²) < 4.78 is 10.9. The predicted molar refractivity (Wildman–Crippen MR) is 56.8 cm³/mol. The zero-order valence-corrected chi connectivity index (χ0v) is 9.37. The van der Waals surface area contributed by atoms with Gasteiger partial charge in [-0.2, -0.15) is 0 Å². The Kier molecular flexibility index (Phi) is 3.61. The largest absolute Gasteiger partial charge is 0.392 e. The summed E-state index contributed by atoms with van der Waals surface area (Å²) >= 11 is 0. The minimum atomic E-state index is -0.179. The van der Waals surface area contributed by atoms with Crippen molar-refractivity contribution in [3.63, 3.8) is 0 Å². The van der Waals surface area contributed by atoms with E-state index in [1.165, 1.54) is 0 Å². The van der Waals surface area contributed by atoms with Crippen LogP contribution in [0.1, 0.15) is 25.7 Å². The molecule has 1 aliphatic carbocycles. The van der Waals surface area contributed by atoms with E-state index in [1.807, 2.05) is 0 Å². The van der Waals surface area contributed by atoms with Crippen LogP contribution in [0.15, 0.2) is 0 Å². The van der Waals surface area contributed by atoms with Crippen molar-refractivity contribution >= 4 is 0 Å². The van der Waals surface area contributed by atoms with E-state index in [0.717, 1.165) is 38.8 Å². The molecule has 0 aromatic rings. The lowest BCUT2D eigenvalue weighted by molar-refractivity contribution is -0.0199. The summed E-state index contributed by atoms with van der Waals surface area (Å²) in [6, 6.07) is 0.248. The van der Waals surface area contributed by atoms with Crippen LogP contribution in [-0.4, -0.2) is 49.7 Å². The number of aliphatic hydroxyl groups excluding tert-OH is 1.